The molecule has 5 nitrogen and oxygen atoms in total. The molecule has 2 amide bonds. The van der Waals surface area contributed by atoms with Crippen molar-refractivity contribution in [2.24, 2.45) is 5.92 Å². The molecule has 1 fully saturated rings. The third-order valence-electron chi connectivity index (χ3n) is 4.39. The van der Waals surface area contributed by atoms with Crippen LogP contribution in [-0.4, -0.2) is 40.5 Å². The van der Waals surface area contributed by atoms with Gasteiger partial charge in [-0.2, -0.15) is 0 Å². The average Bonchev–Trinajstić information content (AvgIpc) is 2.55. The van der Waals surface area contributed by atoms with Crippen molar-refractivity contribution in [3.8, 4) is 0 Å². The summed E-state index contributed by atoms with van der Waals surface area (Å²) in [6, 6.07) is 9.39. The molecule has 1 aliphatic heterocycles. The highest BCUT2D eigenvalue weighted by Gasteiger charge is 2.36. The summed E-state index contributed by atoms with van der Waals surface area (Å²) in [5.41, 5.74) is -0.504. The van der Waals surface area contributed by atoms with Gasteiger partial charge in [-0.15, -0.1) is 0 Å². The van der Waals surface area contributed by atoms with E-state index >= 15 is 0 Å². The Bertz CT molecular complexity index is 534. The standard InChI is InChI=1S/C18H26N2O3/c1-3-11-18(2,23)17(22)20-12-9-14(10-13-20)16(21)19-15-7-5-4-6-8-15/h4-8,14,23H,3,9-13H2,1-2H3,(H,19,21)/t18-/m1/s1. The monoisotopic (exact) mass is 318 g/mol. The molecule has 1 heterocycles. The summed E-state index contributed by atoms with van der Waals surface area (Å²) in [5.74, 6) is -0.305. The fourth-order valence-corrected chi connectivity index (χ4v) is 3.04. The first-order chi connectivity index (χ1) is 10.9. The Morgan fingerprint density at radius 1 is 1.26 bits per heavy atom. The van der Waals surface area contributed by atoms with E-state index in [9.17, 15) is 14.7 Å². The molecule has 1 aromatic rings. The third-order valence-corrected chi connectivity index (χ3v) is 4.39. The zero-order chi connectivity index (χ0) is 16.9. The molecule has 126 valence electrons. The lowest BCUT2D eigenvalue weighted by molar-refractivity contribution is -0.152. The number of anilines is 1. The van der Waals surface area contributed by atoms with Gasteiger partial charge in [-0.05, 0) is 38.3 Å². The molecule has 23 heavy (non-hydrogen) atoms. The molecule has 2 N–H and O–H groups in total. The number of carbonyl (C=O) groups excluding carboxylic acids is 2. The Morgan fingerprint density at radius 2 is 1.87 bits per heavy atom. The topological polar surface area (TPSA) is 69.6 Å². The van der Waals surface area contributed by atoms with E-state index in [2.05, 4.69) is 5.32 Å². The molecule has 1 aromatic carbocycles. The molecule has 0 spiro atoms. The van der Waals surface area contributed by atoms with E-state index in [0.717, 1.165) is 12.1 Å². The van der Waals surface area contributed by atoms with Gasteiger partial charge in [-0.25, -0.2) is 0 Å². The Balaban J connectivity index is 1.86. The van der Waals surface area contributed by atoms with Crippen LogP contribution in [0.1, 0.15) is 39.5 Å². The second-order valence-electron chi connectivity index (χ2n) is 6.45. The predicted octanol–water partition coefficient (Wildman–Crippen LogP) is 2.41. The zero-order valence-electron chi connectivity index (χ0n) is 13.9. The van der Waals surface area contributed by atoms with Crippen LogP contribution in [-0.2, 0) is 9.59 Å². The van der Waals surface area contributed by atoms with Crippen LogP contribution in [0.3, 0.4) is 0 Å². The van der Waals surface area contributed by atoms with Gasteiger partial charge in [0, 0.05) is 24.7 Å². The van der Waals surface area contributed by atoms with Gasteiger partial charge in [0.05, 0.1) is 0 Å². The lowest BCUT2D eigenvalue weighted by Crippen LogP contribution is -2.50. The van der Waals surface area contributed by atoms with E-state index < -0.39 is 5.60 Å². The van der Waals surface area contributed by atoms with Crippen molar-refractivity contribution in [2.75, 3.05) is 18.4 Å². The van der Waals surface area contributed by atoms with Crippen LogP contribution in [0, 0.1) is 5.92 Å². The average molecular weight is 318 g/mol. The summed E-state index contributed by atoms with van der Waals surface area (Å²) < 4.78 is 0. The minimum Gasteiger partial charge on any atom is -0.380 e. The Labute approximate surface area is 137 Å². The number of likely N-dealkylation sites (tertiary alicyclic amines) is 1. The second-order valence-corrected chi connectivity index (χ2v) is 6.45. The maximum Gasteiger partial charge on any atom is 0.254 e. The minimum absolute atomic E-state index is 0.00335. The normalized spacial score (nSPS) is 18.3. The van der Waals surface area contributed by atoms with Crippen LogP contribution < -0.4 is 5.32 Å². The molecule has 0 radical (unpaired) electrons. The van der Waals surface area contributed by atoms with Crippen LogP contribution in [0.4, 0.5) is 5.69 Å². The highest BCUT2D eigenvalue weighted by atomic mass is 16.3. The minimum atomic E-state index is -1.30. The van der Waals surface area contributed by atoms with Crippen LogP contribution in [0.15, 0.2) is 30.3 Å². The van der Waals surface area contributed by atoms with Gasteiger partial charge in [0.15, 0.2) is 0 Å². The summed E-state index contributed by atoms with van der Waals surface area (Å²) in [5, 5.41) is 13.1. The van der Waals surface area contributed by atoms with Crippen LogP contribution in [0.2, 0.25) is 0 Å². The largest absolute Gasteiger partial charge is 0.380 e. The van der Waals surface area contributed by atoms with Crippen molar-refractivity contribution in [3.05, 3.63) is 30.3 Å². The fourth-order valence-electron chi connectivity index (χ4n) is 3.04. The van der Waals surface area contributed by atoms with Gasteiger partial charge in [0.2, 0.25) is 5.91 Å². The lowest BCUT2D eigenvalue weighted by Gasteiger charge is -2.35. The first-order valence-corrected chi connectivity index (χ1v) is 8.31. The number of nitrogens with zero attached hydrogens (tertiary/aromatic N) is 1. The quantitative estimate of drug-likeness (QED) is 0.876. The first-order valence-electron chi connectivity index (χ1n) is 8.31. The van der Waals surface area contributed by atoms with Gasteiger partial charge in [-0.3, -0.25) is 9.59 Å². The Morgan fingerprint density at radius 3 is 2.43 bits per heavy atom. The molecular weight excluding hydrogens is 292 g/mol. The van der Waals surface area contributed by atoms with Crippen LogP contribution in [0.5, 0.6) is 0 Å². The highest BCUT2D eigenvalue weighted by Crippen LogP contribution is 2.23. The van der Waals surface area contributed by atoms with E-state index in [0.29, 0.717) is 32.4 Å². The number of amides is 2. The van der Waals surface area contributed by atoms with Gasteiger partial charge in [-0.1, -0.05) is 31.5 Å². The number of hydrogen-bond donors (Lipinski definition) is 2. The maximum absolute atomic E-state index is 12.4. The van der Waals surface area contributed by atoms with Crippen LogP contribution >= 0.6 is 0 Å². The number of hydrogen-bond acceptors (Lipinski definition) is 3. The molecule has 0 bridgehead atoms. The van der Waals surface area contributed by atoms with Gasteiger partial charge >= 0.3 is 0 Å². The molecule has 0 aliphatic carbocycles. The number of nitrogens with one attached hydrogen (secondary N) is 1. The molecular formula is C18H26N2O3. The number of para-hydroxylation sites is 1. The first kappa shape index (κ1) is 17.5. The van der Waals surface area contributed by atoms with Gasteiger partial charge in [0.1, 0.15) is 5.60 Å². The summed E-state index contributed by atoms with van der Waals surface area (Å²) in [4.78, 5) is 26.3. The summed E-state index contributed by atoms with van der Waals surface area (Å²) in [6.45, 7) is 4.56. The Kier molecular flexibility index (Phi) is 5.77. The smallest absolute Gasteiger partial charge is 0.254 e. The molecule has 0 unspecified atom stereocenters. The second kappa shape index (κ2) is 7.59. The summed E-state index contributed by atoms with van der Waals surface area (Å²) >= 11 is 0. The molecule has 0 aromatic heterocycles. The number of benzene rings is 1. The van der Waals surface area contributed by atoms with Crippen molar-refractivity contribution >= 4 is 17.5 Å². The SMILES string of the molecule is CCC[C@@](C)(O)C(=O)N1CCC(C(=O)Nc2ccccc2)CC1. The molecule has 5 heteroatoms. The summed E-state index contributed by atoms with van der Waals surface area (Å²) in [6.07, 6.45) is 2.48. The number of piperidine rings is 1. The fraction of sp³-hybridized carbons (Fsp3) is 0.556. The maximum atomic E-state index is 12.4. The third kappa shape index (κ3) is 4.55. The summed E-state index contributed by atoms with van der Waals surface area (Å²) in [7, 11) is 0. The molecule has 2 rings (SSSR count). The predicted molar refractivity (Wildman–Crippen MR) is 89.9 cm³/mol. The van der Waals surface area contributed by atoms with E-state index in [1.165, 1.54) is 0 Å². The van der Waals surface area contributed by atoms with Crippen molar-refractivity contribution in [1.82, 2.24) is 4.90 Å². The molecule has 1 atom stereocenters. The van der Waals surface area contributed by atoms with Crippen molar-refractivity contribution < 1.29 is 14.7 Å². The van der Waals surface area contributed by atoms with Gasteiger partial charge in [0.25, 0.3) is 5.91 Å². The highest BCUT2D eigenvalue weighted by molar-refractivity contribution is 5.92. The van der Waals surface area contributed by atoms with Gasteiger partial charge < -0.3 is 15.3 Å². The molecule has 1 saturated heterocycles. The van der Waals surface area contributed by atoms with Crippen LogP contribution in [0.25, 0.3) is 0 Å². The molecule has 0 saturated carbocycles. The number of rotatable bonds is 5. The van der Waals surface area contributed by atoms with E-state index in [4.69, 9.17) is 0 Å². The van der Waals surface area contributed by atoms with E-state index in [1.54, 1.807) is 11.8 Å². The lowest BCUT2D eigenvalue weighted by atomic mass is 9.93. The Hall–Kier alpha value is -1.88. The number of carbonyl (C=O) groups is 2. The molecule has 1 aliphatic rings. The van der Waals surface area contributed by atoms with E-state index in [1.807, 2.05) is 37.3 Å². The van der Waals surface area contributed by atoms with E-state index in [-0.39, 0.29) is 17.7 Å². The van der Waals surface area contributed by atoms with Crippen molar-refractivity contribution in [3.63, 3.8) is 0 Å². The van der Waals surface area contributed by atoms with Crippen molar-refractivity contribution in [1.29, 1.82) is 0 Å². The number of aliphatic hydroxyl groups is 1. The zero-order valence-corrected chi connectivity index (χ0v) is 13.9. The van der Waals surface area contributed by atoms with Crippen molar-refractivity contribution in [2.45, 2.75) is 45.1 Å².